The normalized spacial score (nSPS) is 51.1. The fourth-order valence-corrected chi connectivity index (χ4v) is 10.9. The van der Waals surface area contributed by atoms with Crippen LogP contribution in [-0.4, -0.2) is 12.1 Å². The Labute approximate surface area is 210 Å². The van der Waals surface area contributed by atoms with Gasteiger partial charge in [-0.2, -0.15) is 0 Å². The first-order chi connectivity index (χ1) is 15.6. The van der Waals surface area contributed by atoms with E-state index in [1.165, 1.54) is 51.4 Å². The number of hydrogen-bond acceptors (Lipinski definition) is 2. The van der Waals surface area contributed by atoms with Crippen LogP contribution in [0.1, 0.15) is 127 Å². The Bertz CT molecular complexity index is 897. The topological polar surface area (TPSA) is 26.3 Å². The van der Waals surface area contributed by atoms with E-state index in [2.05, 4.69) is 61.5 Å². The average Bonchev–Trinajstić information content (AvgIpc) is 2.73. The van der Waals surface area contributed by atoms with Gasteiger partial charge in [0, 0.05) is 12.3 Å². The van der Waals surface area contributed by atoms with Crippen LogP contribution in [0.25, 0.3) is 0 Å². The first-order valence-corrected chi connectivity index (χ1v) is 14.5. The third-order valence-corrected chi connectivity index (χ3v) is 13.3. The van der Waals surface area contributed by atoms with Gasteiger partial charge in [0.1, 0.15) is 6.10 Å². The zero-order valence-corrected chi connectivity index (χ0v) is 23.8. The zero-order valence-electron chi connectivity index (χ0n) is 23.8. The summed E-state index contributed by atoms with van der Waals surface area (Å²) in [5.41, 5.74) is 3.95. The summed E-state index contributed by atoms with van der Waals surface area (Å²) in [6.07, 6.45) is 15.9. The highest BCUT2D eigenvalue weighted by Gasteiger charge is 2.67. The smallest absolute Gasteiger partial charge is 0.302 e. The predicted octanol–water partition coefficient (Wildman–Crippen LogP) is 8.74. The molecule has 8 unspecified atom stereocenters. The molecule has 0 aromatic heterocycles. The van der Waals surface area contributed by atoms with Gasteiger partial charge in [0.05, 0.1) is 0 Å². The quantitative estimate of drug-likeness (QED) is 0.284. The van der Waals surface area contributed by atoms with Gasteiger partial charge in [0.2, 0.25) is 0 Å². The second kappa shape index (κ2) is 7.38. The Morgan fingerprint density at radius 1 is 0.853 bits per heavy atom. The first kappa shape index (κ1) is 24.9. The Kier molecular flexibility index (Phi) is 5.40. The minimum absolute atomic E-state index is 0.0287. The van der Waals surface area contributed by atoms with Crippen molar-refractivity contribution in [1.29, 1.82) is 0 Å². The van der Waals surface area contributed by atoms with Crippen molar-refractivity contribution in [2.45, 2.75) is 133 Å². The molecule has 4 saturated carbocycles. The fourth-order valence-electron chi connectivity index (χ4n) is 10.9. The molecule has 0 aromatic rings. The van der Waals surface area contributed by atoms with Gasteiger partial charge in [-0.25, -0.2) is 0 Å². The molecule has 0 aliphatic heterocycles. The van der Waals surface area contributed by atoms with Crippen molar-refractivity contribution in [2.24, 2.45) is 50.2 Å². The van der Waals surface area contributed by atoms with E-state index < -0.39 is 0 Å². The van der Waals surface area contributed by atoms with Gasteiger partial charge in [-0.3, -0.25) is 4.79 Å². The lowest BCUT2D eigenvalue weighted by Gasteiger charge is -2.71. The number of hydrogen-bond donors (Lipinski definition) is 0. The molecule has 8 atom stereocenters. The zero-order chi connectivity index (χ0) is 24.9. The van der Waals surface area contributed by atoms with Crippen molar-refractivity contribution in [3.05, 3.63) is 11.6 Å². The van der Waals surface area contributed by atoms with Crippen molar-refractivity contribution in [1.82, 2.24) is 0 Å². The maximum atomic E-state index is 11.9. The molecular weight excluding hydrogens is 416 g/mol. The molecule has 0 spiro atoms. The Balaban J connectivity index is 1.52. The summed E-state index contributed by atoms with van der Waals surface area (Å²) in [5, 5.41) is 0. The van der Waals surface area contributed by atoms with Crippen LogP contribution in [-0.2, 0) is 9.53 Å². The molecule has 0 aromatic carbocycles. The molecule has 0 amide bonds. The summed E-state index contributed by atoms with van der Waals surface area (Å²) in [7, 11) is 0. The first-order valence-electron chi connectivity index (χ1n) is 14.5. The van der Waals surface area contributed by atoms with Crippen molar-refractivity contribution in [3.8, 4) is 0 Å². The number of esters is 1. The van der Waals surface area contributed by atoms with Crippen LogP contribution in [0, 0.1) is 50.2 Å². The van der Waals surface area contributed by atoms with Crippen molar-refractivity contribution >= 4 is 5.97 Å². The highest BCUT2D eigenvalue weighted by Crippen LogP contribution is 2.75. The van der Waals surface area contributed by atoms with Gasteiger partial charge in [0.25, 0.3) is 0 Å². The molecule has 0 heterocycles. The molecule has 0 N–H and O–H groups in total. The summed E-state index contributed by atoms with van der Waals surface area (Å²) in [6.45, 7) is 22.1. The second-order valence-electron chi connectivity index (χ2n) is 15.8. The van der Waals surface area contributed by atoms with Crippen LogP contribution < -0.4 is 0 Å². The SMILES string of the molecule is CC(=O)OC1CCC2(C)C3CCC4(C)C5CC(C)(C)CCC5(C)CCC4(C)C3=CCC2C1(C)C. The largest absolute Gasteiger partial charge is 0.462 e. The minimum atomic E-state index is -0.115. The van der Waals surface area contributed by atoms with E-state index in [0.717, 1.165) is 18.8 Å². The van der Waals surface area contributed by atoms with Crippen molar-refractivity contribution in [2.75, 3.05) is 0 Å². The number of allylic oxidation sites excluding steroid dienone is 2. The molecule has 5 aliphatic carbocycles. The molecule has 5 aliphatic rings. The Morgan fingerprint density at radius 2 is 1.53 bits per heavy atom. The lowest BCUT2D eigenvalue weighted by atomic mass is 9.34. The molecular formula is C32H52O2. The standard InChI is InChI=1S/C32H52O2/c1-21(33)34-26-13-14-30(7)22-12-15-32(9)25-20-27(2,3)16-17-29(25,6)18-19-31(32,8)23(22)10-11-24(30)28(26,4)5/h10,22,24-26H,11-20H2,1-9H3. The van der Waals surface area contributed by atoms with E-state index in [9.17, 15) is 4.79 Å². The average molecular weight is 469 g/mol. The van der Waals surface area contributed by atoms with Crippen molar-refractivity contribution < 1.29 is 9.53 Å². The molecule has 192 valence electrons. The molecule has 34 heavy (non-hydrogen) atoms. The summed E-state index contributed by atoms with van der Waals surface area (Å²) in [4.78, 5) is 11.9. The van der Waals surface area contributed by atoms with E-state index >= 15 is 0 Å². The maximum absolute atomic E-state index is 11.9. The second-order valence-corrected chi connectivity index (χ2v) is 15.8. The van der Waals surface area contributed by atoms with Crippen molar-refractivity contribution in [3.63, 3.8) is 0 Å². The van der Waals surface area contributed by atoms with E-state index in [1.54, 1.807) is 6.92 Å². The van der Waals surface area contributed by atoms with Gasteiger partial charge in [-0.15, -0.1) is 0 Å². The molecule has 2 nitrogen and oxygen atoms in total. The van der Waals surface area contributed by atoms with Crippen LogP contribution in [0.5, 0.6) is 0 Å². The van der Waals surface area contributed by atoms with Gasteiger partial charge in [-0.1, -0.05) is 67.0 Å². The lowest BCUT2D eigenvalue weighted by Crippen LogP contribution is -2.63. The number of ether oxygens (including phenoxy) is 1. The predicted molar refractivity (Wildman–Crippen MR) is 140 cm³/mol. The summed E-state index contributed by atoms with van der Waals surface area (Å²) in [5.74, 6) is 2.01. The highest BCUT2D eigenvalue weighted by molar-refractivity contribution is 5.66. The number of fused-ring (bicyclic) bond motifs is 7. The number of carbonyl (C=O) groups is 1. The van der Waals surface area contributed by atoms with Gasteiger partial charge < -0.3 is 4.74 Å². The van der Waals surface area contributed by atoms with E-state index in [-0.39, 0.29) is 17.5 Å². The molecule has 4 fully saturated rings. The molecule has 0 radical (unpaired) electrons. The molecule has 2 heteroatoms. The third-order valence-electron chi connectivity index (χ3n) is 13.3. The van der Waals surface area contributed by atoms with Crippen LogP contribution in [0.3, 0.4) is 0 Å². The van der Waals surface area contributed by atoms with Gasteiger partial charge in [0.15, 0.2) is 0 Å². The van der Waals surface area contributed by atoms with E-state index in [0.29, 0.717) is 38.9 Å². The maximum Gasteiger partial charge on any atom is 0.302 e. The summed E-state index contributed by atoms with van der Waals surface area (Å²) < 4.78 is 5.89. The lowest BCUT2D eigenvalue weighted by molar-refractivity contribution is -0.187. The fraction of sp³-hybridized carbons (Fsp3) is 0.906. The van der Waals surface area contributed by atoms with Gasteiger partial charge in [-0.05, 0) is 109 Å². The summed E-state index contributed by atoms with van der Waals surface area (Å²) in [6, 6.07) is 0. The van der Waals surface area contributed by atoms with Crippen LogP contribution >= 0.6 is 0 Å². The van der Waals surface area contributed by atoms with E-state index in [1.807, 2.05) is 5.57 Å². The molecule has 5 rings (SSSR count). The number of rotatable bonds is 1. The minimum Gasteiger partial charge on any atom is -0.462 e. The van der Waals surface area contributed by atoms with Crippen LogP contribution in [0.2, 0.25) is 0 Å². The van der Waals surface area contributed by atoms with Crippen LogP contribution in [0.4, 0.5) is 0 Å². The Hall–Kier alpha value is -0.790. The third kappa shape index (κ3) is 3.21. The van der Waals surface area contributed by atoms with Gasteiger partial charge >= 0.3 is 5.97 Å². The van der Waals surface area contributed by atoms with Crippen LogP contribution in [0.15, 0.2) is 11.6 Å². The summed E-state index contributed by atoms with van der Waals surface area (Å²) >= 11 is 0. The molecule has 0 saturated heterocycles. The Morgan fingerprint density at radius 3 is 2.21 bits per heavy atom. The number of carbonyl (C=O) groups excluding carboxylic acids is 1. The van der Waals surface area contributed by atoms with E-state index in [4.69, 9.17) is 4.74 Å². The highest BCUT2D eigenvalue weighted by atomic mass is 16.5. The monoisotopic (exact) mass is 468 g/mol. The molecule has 0 bridgehead atoms.